The number of unbranched alkanes of at least 4 members (excludes halogenated alkanes) is 2. The molecule has 0 amide bonds. The third-order valence-corrected chi connectivity index (χ3v) is 4.46. The first kappa shape index (κ1) is 17.1. The van der Waals surface area contributed by atoms with E-state index in [9.17, 15) is 8.78 Å². The first-order valence-corrected chi connectivity index (χ1v) is 8.43. The van der Waals surface area contributed by atoms with Crippen LogP contribution in [0.15, 0.2) is 30.3 Å². The molecule has 1 aliphatic rings. The van der Waals surface area contributed by atoms with Crippen LogP contribution in [0.5, 0.6) is 0 Å². The zero-order valence-corrected chi connectivity index (χ0v) is 13.4. The minimum atomic E-state index is -1.64. The Bertz CT molecular complexity index is 455. The number of benzene rings is 1. The van der Waals surface area contributed by atoms with Crippen molar-refractivity contribution in [2.45, 2.75) is 63.9 Å². The van der Waals surface area contributed by atoms with Gasteiger partial charge in [0, 0.05) is 12.7 Å². The van der Waals surface area contributed by atoms with Crippen molar-refractivity contribution < 1.29 is 13.5 Å². The van der Waals surface area contributed by atoms with Gasteiger partial charge in [0.2, 0.25) is 0 Å². The minimum Gasteiger partial charge on any atom is -0.378 e. The Kier molecular flexibility index (Phi) is 7.04. The van der Waals surface area contributed by atoms with E-state index >= 15 is 0 Å². The lowest BCUT2D eigenvalue weighted by molar-refractivity contribution is 0.0227. The molecule has 0 N–H and O–H groups in total. The number of hydrogen-bond acceptors (Lipinski definition) is 1. The third-order valence-electron chi connectivity index (χ3n) is 4.46. The summed E-state index contributed by atoms with van der Waals surface area (Å²) in [5.74, 6) is 0.545. The van der Waals surface area contributed by atoms with Gasteiger partial charge in [-0.2, -0.15) is 8.78 Å². The fourth-order valence-corrected chi connectivity index (χ4v) is 3.16. The summed E-state index contributed by atoms with van der Waals surface area (Å²) in [5, 5.41) is 0. The molecule has 0 saturated heterocycles. The van der Waals surface area contributed by atoms with Crippen molar-refractivity contribution >= 4 is 6.08 Å². The van der Waals surface area contributed by atoms with Gasteiger partial charge >= 0.3 is 0 Å². The molecule has 1 saturated carbocycles. The van der Waals surface area contributed by atoms with Crippen LogP contribution in [0.4, 0.5) is 8.78 Å². The van der Waals surface area contributed by atoms with Crippen LogP contribution in [-0.4, -0.2) is 12.7 Å². The standard InChI is InChI=1S/C19H26F2O/c1-2-3-4-13-22-18-11-9-17(10-12-18)16-7-5-15(6-8-16)14-19(20)21/h5-8,14,17-18H,2-4,9-13H2,1H3/t17-,18-. The molecule has 0 aliphatic heterocycles. The van der Waals surface area contributed by atoms with Crippen molar-refractivity contribution in [2.24, 2.45) is 0 Å². The maximum absolute atomic E-state index is 12.2. The van der Waals surface area contributed by atoms with Crippen LogP contribution in [-0.2, 0) is 4.74 Å². The molecule has 1 aromatic rings. The van der Waals surface area contributed by atoms with Crippen LogP contribution < -0.4 is 0 Å². The molecule has 0 bridgehead atoms. The molecular weight excluding hydrogens is 282 g/mol. The topological polar surface area (TPSA) is 9.23 Å². The highest BCUT2D eigenvalue weighted by molar-refractivity contribution is 5.50. The zero-order valence-electron chi connectivity index (χ0n) is 13.4. The number of hydrogen-bond donors (Lipinski definition) is 0. The summed E-state index contributed by atoms with van der Waals surface area (Å²) in [6, 6.07) is 7.54. The Morgan fingerprint density at radius 1 is 1.09 bits per heavy atom. The summed E-state index contributed by atoms with van der Waals surface area (Å²) in [5.41, 5.74) is 1.83. The predicted molar refractivity (Wildman–Crippen MR) is 87.1 cm³/mol. The van der Waals surface area contributed by atoms with Gasteiger partial charge in [-0.1, -0.05) is 44.0 Å². The molecule has 1 aliphatic carbocycles. The molecule has 122 valence electrons. The fourth-order valence-electron chi connectivity index (χ4n) is 3.16. The summed E-state index contributed by atoms with van der Waals surface area (Å²) in [6.07, 6.45) is 7.79. The van der Waals surface area contributed by atoms with Crippen molar-refractivity contribution in [1.82, 2.24) is 0 Å². The number of rotatable bonds is 7. The smallest absolute Gasteiger partial charge is 0.270 e. The van der Waals surface area contributed by atoms with Crippen molar-refractivity contribution in [1.29, 1.82) is 0 Å². The molecule has 1 nitrogen and oxygen atoms in total. The minimum absolute atomic E-state index is 0.413. The molecular formula is C19H26F2O. The highest BCUT2D eigenvalue weighted by Gasteiger charge is 2.22. The average Bonchev–Trinajstić information content (AvgIpc) is 2.52. The SMILES string of the molecule is CCCCCO[C@H]1CC[C@H](c2ccc(C=C(F)F)cc2)CC1. The summed E-state index contributed by atoms with van der Waals surface area (Å²) in [7, 11) is 0. The second-order valence-corrected chi connectivity index (χ2v) is 6.15. The van der Waals surface area contributed by atoms with Crippen LogP contribution in [0.1, 0.15) is 68.9 Å². The van der Waals surface area contributed by atoms with Gasteiger partial charge < -0.3 is 4.74 Å². The molecule has 0 atom stereocenters. The Morgan fingerprint density at radius 2 is 1.77 bits per heavy atom. The van der Waals surface area contributed by atoms with Crippen LogP contribution in [0, 0.1) is 0 Å². The molecule has 2 rings (SSSR count). The monoisotopic (exact) mass is 308 g/mol. The highest BCUT2D eigenvalue weighted by atomic mass is 19.3. The van der Waals surface area contributed by atoms with E-state index in [0.717, 1.165) is 44.8 Å². The van der Waals surface area contributed by atoms with E-state index in [2.05, 4.69) is 6.92 Å². The molecule has 1 aromatic carbocycles. The average molecular weight is 308 g/mol. The Balaban J connectivity index is 1.77. The number of halogens is 2. The van der Waals surface area contributed by atoms with Gasteiger partial charge in [0.05, 0.1) is 6.10 Å². The quantitative estimate of drug-likeness (QED) is 0.548. The lowest BCUT2D eigenvalue weighted by Crippen LogP contribution is -2.21. The highest BCUT2D eigenvalue weighted by Crippen LogP contribution is 2.34. The second-order valence-electron chi connectivity index (χ2n) is 6.15. The van der Waals surface area contributed by atoms with Crippen LogP contribution in [0.2, 0.25) is 0 Å². The van der Waals surface area contributed by atoms with Gasteiger partial charge in [-0.3, -0.25) is 0 Å². The maximum Gasteiger partial charge on any atom is 0.270 e. The van der Waals surface area contributed by atoms with E-state index in [4.69, 9.17) is 4.74 Å². The summed E-state index contributed by atoms with van der Waals surface area (Å²) < 4.78 is 30.4. The first-order chi connectivity index (χ1) is 10.7. The third kappa shape index (κ3) is 5.53. The summed E-state index contributed by atoms with van der Waals surface area (Å²) >= 11 is 0. The normalized spacial score (nSPS) is 21.6. The van der Waals surface area contributed by atoms with Crippen LogP contribution in [0.3, 0.4) is 0 Å². The Labute approximate surface area is 132 Å². The lowest BCUT2D eigenvalue weighted by Gasteiger charge is -2.29. The zero-order chi connectivity index (χ0) is 15.8. The Morgan fingerprint density at radius 3 is 2.36 bits per heavy atom. The van der Waals surface area contributed by atoms with Gasteiger partial charge in [0.15, 0.2) is 0 Å². The molecule has 0 radical (unpaired) electrons. The summed E-state index contributed by atoms with van der Waals surface area (Å²) in [6.45, 7) is 3.09. The second kappa shape index (κ2) is 9.04. The van der Waals surface area contributed by atoms with Crippen molar-refractivity contribution in [2.75, 3.05) is 6.61 Å². The van der Waals surface area contributed by atoms with E-state index in [1.165, 1.54) is 18.4 Å². The van der Waals surface area contributed by atoms with Gasteiger partial charge in [-0.25, -0.2) is 0 Å². The number of ether oxygens (including phenoxy) is 1. The van der Waals surface area contributed by atoms with Gasteiger partial charge in [0.25, 0.3) is 6.08 Å². The lowest BCUT2D eigenvalue weighted by atomic mass is 9.82. The predicted octanol–water partition coefficient (Wildman–Crippen LogP) is 6.16. The fraction of sp³-hybridized carbons (Fsp3) is 0.579. The van der Waals surface area contributed by atoms with E-state index in [1.54, 1.807) is 12.1 Å². The Hall–Kier alpha value is -1.22. The molecule has 0 aromatic heterocycles. The molecule has 1 fully saturated rings. The maximum atomic E-state index is 12.2. The van der Waals surface area contributed by atoms with Crippen molar-refractivity contribution in [3.63, 3.8) is 0 Å². The van der Waals surface area contributed by atoms with E-state index in [1.807, 2.05) is 12.1 Å². The first-order valence-electron chi connectivity index (χ1n) is 8.43. The van der Waals surface area contributed by atoms with E-state index in [-0.39, 0.29) is 0 Å². The summed E-state index contributed by atoms with van der Waals surface area (Å²) in [4.78, 5) is 0. The molecule has 0 spiro atoms. The van der Waals surface area contributed by atoms with Crippen molar-refractivity contribution in [3.05, 3.63) is 41.5 Å². The van der Waals surface area contributed by atoms with Crippen molar-refractivity contribution in [3.8, 4) is 0 Å². The molecule has 3 heteroatoms. The van der Waals surface area contributed by atoms with Gasteiger partial charge in [-0.05, 0) is 49.1 Å². The van der Waals surface area contributed by atoms with E-state index < -0.39 is 6.08 Å². The molecule has 22 heavy (non-hydrogen) atoms. The van der Waals surface area contributed by atoms with Gasteiger partial charge in [-0.15, -0.1) is 0 Å². The molecule has 0 unspecified atom stereocenters. The van der Waals surface area contributed by atoms with Crippen LogP contribution >= 0.6 is 0 Å². The molecule has 0 heterocycles. The van der Waals surface area contributed by atoms with Gasteiger partial charge in [0.1, 0.15) is 0 Å². The largest absolute Gasteiger partial charge is 0.378 e. The van der Waals surface area contributed by atoms with E-state index in [0.29, 0.717) is 17.6 Å². The van der Waals surface area contributed by atoms with Crippen LogP contribution in [0.25, 0.3) is 6.08 Å².